The number of hydrogen-bond donors (Lipinski definition) is 1. The standard InChI is InChI=1S/C9H7F3INO/c1-4(15)6-2-5(9(10,11)12)3-7(13)8(6)14/h2-3H,14H2,1H3. The normalized spacial score (nSPS) is 11.5. The van der Waals surface area contributed by atoms with Crippen LogP contribution in [-0.4, -0.2) is 5.78 Å². The molecule has 0 aliphatic rings. The van der Waals surface area contributed by atoms with Gasteiger partial charge in [-0.3, -0.25) is 4.79 Å². The number of alkyl halides is 3. The van der Waals surface area contributed by atoms with Gasteiger partial charge in [0.15, 0.2) is 5.78 Å². The first-order valence-corrected chi connectivity index (χ1v) is 4.98. The van der Waals surface area contributed by atoms with E-state index in [1.165, 1.54) is 6.92 Å². The summed E-state index contributed by atoms with van der Waals surface area (Å²) in [5.41, 5.74) is 4.65. The van der Waals surface area contributed by atoms with Crippen LogP contribution in [0.25, 0.3) is 0 Å². The molecular weight excluding hydrogens is 322 g/mol. The molecule has 82 valence electrons. The zero-order valence-corrected chi connectivity index (χ0v) is 9.81. The van der Waals surface area contributed by atoms with E-state index < -0.39 is 17.5 Å². The van der Waals surface area contributed by atoms with Gasteiger partial charge in [-0.25, -0.2) is 0 Å². The molecule has 0 amide bonds. The molecular formula is C9H7F3INO. The molecule has 15 heavy (non-hydrogen) atoms. The van der Waals surface area contributed by atoms with E-state index in [9.17, 15) is 18.0 Å². The molecule has 1 rings (SSSR count). The molecule has 2 nitrogen and oxygen atoms in total. The Bertz CT molecular complexity index is 415. The molecule has 0 aromatic heterocycles. The zero-order valence-electron chi connectivity index (χ0n) is 7.65. The van der Waals surface area contributed by atoms with E-state index in [1.54, 1.807) is 22.6 Å². The second-order valence-corrected chi connectivity index (χ2v) is 4.14. The largest absolute Gasteiger partial charge is 0.416 e. The number of rotatable bonds is 1. The minimum atomic E-state index is -4.46. The molecule has 0 atom stereocenters. The lowest BCUT2D eigenvalue weighted by molar-refractivity contribution is -0.137. The summed E-state index contributed by atoms with van der Waals surface area (Å²) >= 11 is 1.67. The number of halogens is 4. The number of ketones is 1. The van der Waals surface area contributed by atoms with Gasteiger partial charge in [-0.15, -0.1) is 0 Å². The molecule has 0 heterocycles. The summed E-state index contributed by atoms with van der Waals surface area (Å²) in [6.07, 6.45) is -4.46. The summed E-state index contributed by atoms with van der Waals surface area (Å²) in [5.74, 6) is -0.475. The first kappa shape index (κ1) is 12.3. The molecule has 0 bridgehead atoms. The lowest BCUT2D eigenvalue weighted by Crippen LogP contribution is -2.10. The van der Waals surface area contributed by atoms with Gasteiger partial charge in [-0.2, -0.15) is 13.2 Å². The van der Waals surface area contributed by atoms with Gasteiger partial charge >= 0.3 is 6.18 Å². The third-order valence-corrected chi connectivity index (χ3v) is 2.73. The van der Waals surface area contributed by atoms with E-state index in [0.717, 1.165) is 12.1 Å². The van der Waals surface area contributed by atoms with Gasteiger partial charge in [0.2, 0.25) is 0 Å². The molecule has 1 aromatic rings. The Hall–Kier alpha value is -0.790. The van der Waals surface area contributed by atoms with Crippen LogP contribution in [0.4, 0.5) is 18.9 Å². The third-order valence-electron chi connectivity index (χ3n) is 1.84. The number of nitrogens with two attached hydrogens (primary N) is 1. The molecule has 0 aliphatic carbocycles. The fourth-order valence-corrected chi connectivity index (χ4v) is 1.70. The van der Waals surface area contributed by atoms with Crippen molar-refractivity contribution in [3.63, 3.8) is 0 Å². The van der Waals surface area contributed by atoms with Crippen LogP contribution in [0.15, 0.2) is 12.1 Å². The number of hydrogen-bond acceptors (Lipinski definition) is 2. The molecule has 0 unspecified atom stereocenters. The van der Waals surface area contributed by atoms with E-state index in [4.69, 9.17) is 5.73 Å². The van der Waals surface area contributed by atoms with Gasteiger partial charge in [0.25, 0.3) is 0 Å². The summed E-state index contributed by atoms with van der Waals surface area (Å²) in [5, 5.41) is 0. The SMILES string of the molecule is CC(=O)c1cc(C(F)(F)F)cc(I)c1N. The maximum Gasteiger partial charge on any atom is 0.416 e. The lowest BCUT2D eigenvalue weighted by Gasteiger charge is -2.11. The van der Waals surface area contributed by atoms with Gasteiger partial charge in [0.05, 0.1) is 11.3 Å². The number of carbonyl (C=O) groups excluding carboxylic acids is 1. The number of benzene rings is 1. The van der Waals surface area contributed by atoms with Gasteiger partial charge < -0.3 is 5.73 Å². The van der Waals surface area contributed by atoms with Crippen LogP contribution in [0.3, 0.4) is 0 Å². The number of Topliss-reactive ketones (excluding diaryl/α,β-unsaturated/α-hetero) is 1. The Labute approximate surface area is 97.8 Å². The lowest BCUT2D eigenvalue weighted by atomic mass is 10.1. The van der Waals surface area contributed by atoms with Crippen molar-refractivity contribution in [3.8, 4) is 0 Å². The van der Waals surface area contributed by atoms with Crippen molar-refractivity contribution in [2.45, 2.75) is 13.1 Å². The minimum Gasteiger partial charge on any atom is -0.397 e. The second kappa shape index (κ2) is 3.99. The van der Waals surface area contributed by atoms with Crippen molar-refractivity contribution >= 4 is 34.1 Å². The highest BCUT2D eigenvalue weighted by atomic mass is 127. The molecule has 0 spiro atoms. The van der Waals surface area contributed by atoms with Crippen molar-refractivity contribution in [3.05, 3.63) is 26.8 Å². The Balaban J connectivity index is 3.43. The fraction of sp³-hybridized carbons (Fsp3) is 0.222. The molecule has 2 N–H and O–H groups in total. The van der Waals surface area contributed by atoms with Crippen molar-refractivity contribution in [2.75, 3.05) is 5.73 Å². The molecule has 1 aromatic carbocycles. The van der Waals surface area contributed by atoms with Crippen LogP contribution in [0.1, 0.15) is 22.8 Å². The third kappa shape index (κ3) is 2.61. The Morgan fingerprint density at radius 3 is 2.33 bits per heavy atom. The van der Waals surface area contributed by atoms with E-state index in [1.807, 2.05) is 0 Å². The summed E-state index contributed by atoms with van der Waals surface area (Å²) in [6.45, 7) is 1.18. The minimum absolute atomic E-state index is 0.0887. The van der Waals surface area contributed by atoms with Crippen molar-refractivity contribution < 1.29 is 18.0 Å². The summed E-state index contributed by atoms with van der Waals surface area (Å²) in [7, 11) is 0. The van der Waals surface area contributed by atoms with Crippen LogP contribution in [-0.2, 0) is 6.18 Å². The van der Waals surface area contributed by atoms with Gasteiger partial charge in [0.1, 0.15) is 0 Å². The van der Waals surface area contributed by atoms with Gasteiger partial charge in [-0.1, -0.05) is 0 Å². The maximum absolute atomic E-state index is 12.4. The fourth-order valence-electron chi connectivity index (χ4n) is 1.07. The highest BCUT2D eigenvalue weighted by molar-refractivity contribution is 14.1. The second-order valence-electron chi connectivity index (χ2n) is 2.97. The molecule has 0 saturated heterocycles. The zero-order chi connectivity index (χ0) is 11.8. The topological polar surface area (TPSA) is 43.1 Å². The molecule has 0 aliphatic heterocycles. The van der Waals surface area contributed by atoms with E-state index in [2.05, 4.69) is 0 Å². The molecule has 0 saturated carbocycles. The first-order chi connectivity index (χ1) is 6.73. The quantitative estimate of drug-likeness (QED) is 0.489. The van der Waals surface area contributed by atoms with Crippen molar-refractivity contribution in [1.82, 2.24) is 0 Å². The van der Waals surface area contributed by atoms with Gasteiger partial charge in [0, 0.05) is 9.13 Å². The van der Waals surface area contributed by atoms with Crippen molar-refractivity contribution in [1.29, 1.82) is 0 Å². The average molecular weight is 329 g/mol. The van der Waals surface area contributed by atoms with Crippen LogP contribution in [0.2, 0.25) is 0 Å². The summed E-state index contributed by atoms with van der Waals surface area (Å²) < 4.78 is 37.4. The summed E-state index contributed by atoms with van der Waals surface area (Å²) in [4.78, 5) is 11.0. The molecule has 6 heteroatoms. The monoisotopic (exact) mass is 329 g/mol. The Kier molecular flexibility index (Phi) is 3.27. The van der Waals surface area contributed by atoms with Gasteiger partial charge in [-0.05, 0) is 41.6 Å². The molecule has 0 fully saturated rings. The highest BCUT2D eigenvalue weighted by Crippen LogP contribution is 2.33. The predicted octanol–water partition coefficient (Wildman–Crippen LogP) is 3.09. The number of nitrogen functional groups attached to an aromatic ring is 1. The first-order valence-electron chi connectivity index (χ1n) is 3.90. The Morgan fingerprint density at radius 2 is 1.93 bits per heavy atom. The smallest absolute Gasteiger partial charge is 0.397 e. The Morgan fingerprint density at radius 1 is 1.40 bits per heavy atom. The highest BCUT2D eigenvalue weighted by Gasteiger charge is 2.32. The van der Waals surface area contributed by atoms with Crippen LogP contribution in [0, 0.1) is 3.57 Å². The van der Waals surface area contributed by atoms with E-state index >= 15 is 0 Å². The number of carbonyl (C=O) groups is 1. The average Bonchev–Trinajstić information content (AvgIpc) is 2.06. The number of anilines is 1. The molecule has 0 radical (unpaired) electrons. The van der Waals surface area contributed by atoms with E-state index in [-0.39, 0.29) is 14.8 Å². The summed E-state index contributed by atoms with van der Waals surface area (Å²) in [6, 6.07) is 1.70. The van der Waals surface area contributed by atoms with Crippen LogP contribution in [0.5, 0.6) is 0 Å². The maximum atomic E-state index is 12.4. The van der Waals surface area contributed by atoms with Crippen LogP contribution < -0.4 is 5.73 Å². The van der Waals surface area contributed by atoms with E-state index in [0.29, 0.717) is 0 Å². The predicted molar refractivity (Wildman–Crippen MR) is 58.6 cm³/mol. The van der Waals surface area contributed by atoms with Crippen molar-refractivity contribution in [2.24, 2.45) is 0 Å². The van der Waals surface area contributed by atoms with Crippen LogP contribution >= 0.6 is 22.6 Å².